The van der Waals surface area contributed by atoms with Gasteiger partial charge in [0.25, 0.3) is 6.47 Å². The summed E-state index contributed by atoms with van der Waals surface area (Å²) < 4.78 is 16.7. The van der Waals surface area contributed by atoms with Crippen LogP contribution in [0.2, 0.25) is 0 Å². The fourth-order valence-electron chi connectivity index (χ4n) is 0.830. The molecule has 1 saturated carbocycles. The first-order valence-corrected chi connectivity index (χ1v) is 4.43. The molecule has 0 aliphatic heterocycles. The number of aliphatic hydroxyl groups is 1. The maximum absolute atomic E-state index is 12.4. The Morgan fingerprint density at radius 3 is 2.15 bits per heavy atom. The largest absolute Gasteiger partial charge is 0.465 e. The van der Waals surface area contributed by atoms with Crippen LogP contribution in [-0.2, 0) is 9.53 Å². The highest BCUT2D eigenvalue weighted by Gasteiger charge is 2.35. The number of carbonyl (C=O) groups excluding carboxylic acids is 1. The first kappa shape index (κ1) is 12.4. The third kappa shape index (κ3) is 5.58. The van der Waals surface area contributed by atoms with Gasteiger partial charge >= 0.3 is 0 Å². The highest BCUT2D eigenvalue weighted by molar-refractivity contribution is 5.37. The molecule has 0 bridgehead atoms. The molecule has 13 heavy (non-hydrogen) atoms. The van der Waals surface area contributed by atoms with Crippen molar-refractivity contribution in [3.8, 4) is 0 Å². The van der Waals surface area contributed by atoms with Gasteiger partial charge in [0.05, 0.1) is 12.7 Å². The smallest absolute Gasteiger partial charge is 0.293 e. The molecule has 0 unspecified atom stereocenters. The number of ether oxygens (including phenoxy) is 1. The Bertz CT molecular complexity index is 138. The molecule has 0 heterocycles. The maximum atomic E-state index is 12.4. The summed E-state index contributed by atoms with van der Waals surface area (Å²) in [6.45, 7) is 3.76. The van der Waals surface area contributed by atoms with Crippen LogP contribution in [0.5, 0.6) is 0 Å². The molecule has 4 heteroatoms. The SMILES string of the molecule is CC(C)OC=O.OCC1(F)CCC1. The minimum absolute atomic E-state index is 0.0301. The van der Waals surface area contributed by atoms with Crippen molar-refractivity contribution in [2.75, 3.05) is 6.61 Å². The van der Waals surface area contributed by atoms with Gasteiger partial charge in [0.2, 0.25) is 0 Å². The highest BCUT2D eigenvalue weighted by atomic mass is 19.1. The number of alkyl halides is 1. The molecule has 3 nitrogen and oxygen atoms in total. The third-order valence-corrected chi connectivity index (χ3v) is 1.86. The summed E-state index contributed by atoms with van der Waals surface area (Å²) in [6, 6.07) is 0. The van der Waals surface area contributed by atoms with E-state index in [1.807, 2.05) is 0 Å². The molecule has 1 N–H and O–H groups in total. The van der Waals surface area contributed by atoms with Gasteiger partial charge in [-0.3, -0.25) is 4.79 Å². The Labute approximate surface area is 77.9 Å². The first-order chi connectivity index (χ1) is 6.04. The molecule has 0 amide bonds. The molecule has 0 aromatic heterocycles. The normalized spacial score (nSPS) is 18.2. The summed E-state index contributed by atoms with van der Waals surface area (Å²) in [5.41, 5.74) is -1.18. The van der Waals surface area contributed by atoms with Crippen molar-refractivity contribution < 1.29 is 19.0 Å². The Morgan fingerprint density at radius 1 is 1.62 bits per heavy atom. The van der Waals surface area contributed by atoms with E-state index in [9.17, 15) is 9.18 Å². The number of carbonyl (C=O) groups is 1. The molecule has 0 spiro atoms. The molecular formula is C9H17FO3. The Balaban J connectivity index is 0.000000226. The number of aliphatic hydroxyl groups excluding tert-OH is 1. The number of rotatable bonds is 3. The number of hydrogen-bond donors (Lipinski definition) is 1. The van der Waals surface area contributed by atoms with Crippen LogP contribution < -0.4 is 0 Å². The second kappa shape index (κ2) is 5.91. The van der Waals surface area contributed by atoms with Crippen LogP contribution in [0.1, 0.15) is 33.1 Å². The maximum Gasteiger partial charge on any atom is 0.293 e. The molecule has 78 valence electrons. The van der Waals surface area contributed by atoms with Gasteiger partial charge in [-0.05, 0) is 33.1 Å². The Morgan fingerprint density at radius 2 is 2.15 bits per heavy atom. The summed E-state index contributed by atoms with van der Waals surface area (Å²) in [6.07, 6.45) is 2.09. The fourth-order valence-corrected chi connectivity index (χ4v) is 0.830. The monoisotopic (exact) mass is 192 g/mol. The van der Waals surface area contributed by atoms with Crippen molar-refractivity contribution in [3.05, 3.63) is 0 Å². The van der Waals surface area contributed by atoms with E-state index in [2.05, 4.69) is 4.74 Å². The van der Waals surface area contributed by atoms with Crippen molar-refractivity contribution >= 4 is 6.47 Å². The van der Waals surface area contributed by atoms with E-state index in [0.29, 0.717) is 19.3 Å². The van der Waals surface area contributed by atoms with Crippen LogP contribution in [0, 0.1) is 0 Å². The zero-order chi connectivity index (χ0) is 10.3. The first-order valence-electron chi connectivity index (χ1n) is 4.43. The van der Waals surface area contributed by atoms with Crippen LogP contribution >= 0.6 is 0 Å². The van der Waals surface area contributed by atoms with Crippen LogP contribution in [0.25, 0.3) is 0 Å². The van der Waals surface area contributed by atoms with Crippen molar-refractivity contribution in [1.29, 1.82) is 0 Å². The van der Waals surface area contributed by atoms with E-state index in [1.165, 1.54) is 0 Å². The molecule has 0 radical (unpaired) electrons. The van der Waals surface area contributed by atoms with E-state index < -0.39 is 5.67 Å². The average Bonchev–Trinajstić information content (AvgIpc) is 2.01. The molecule has 0 atom stereocenters. The quantitative estimate of drug-likeness (QED) is 0.688. The second-order valence-electron chi connectivity index (χ2n) is 3.44. The average molecular weight is 192 g/mol. The zero-order valence-electron chi connectivity index (χ0n) is 8.12. The van der Waals surface area contributed by atoms with Crippen LogP contribution in [0.3, 0.4) is 0 Å². The van der Waals surface area contributed by atoms with Gasteiger partial charge in [0.1, 0.15) is 5.67 Å². The molecule has 1 rings (SSSR count). The lowest BCUT2D eigenvalue weighted by molar-refractivity contribution is -0.131. The van der Waals surface area contributed by atoms with Gasteiger partial charge in [-0.1, -0.05) is 0 Å². The van der Waals surface area contributed by atoms with Crippen LogP contribution in [-0.4, -0.2) is 30.0 Å². The third-order valence-electron chi connectivity index (χ3n) is 1.86. The minimum atomic E-state index is -1.18. The summed E-state index contributed by atoms with van der Waals surface area (Å²) >= 11 is 0. The summed E-state index contributed by atoms with van der Waals surface area (Å²) in [4.78, 5) is 9.39. The minimum Gasteiger partial charge on any atom is -0.465 e. The predicted octanol–water partition coefficient (Wildman–Crippen LogP) is 1.44. The van der Waals surface area contributed by atoms with Gasteiger partial charge in [-0.25, -0.2) is 4.39 Å². The van der Waals surface area contributed by atoms with Crippen molar-refractivity contribution in [3.63, 3.8) is 0 Å². The zero-order valence-corrected chi connectivity index (χ0v) is 8.12. The highest BCUT2D eigenvalue weighted by Crippen LogP contribution is 2.34. The van der Waals surface area contributed by atoms with Crippen LogP contribution in [0.15, 0.2) is 0 Å². The van der Waals surface area contributed by atoms with E-state index in [1.54, 1.807) is 13.8 Å². The lowest BCUT2D eigenvalue weighted by atomic mass is 9.83. The van der Waals surface area contributed by atoms with Gasteiger partial charge in [-0.2, -0.15) is 0 Å². The van der Waals surface area contributed by atoms with Crippen molar-refractivity contribution in [2.45, 2.75) is 44.9 Å². The van der Waals surface area contributed by atoms with E-state index in [4.69, 9.17) is 5.11 Å². The van der Waals surface area contributed by atoms with Gasteiger partial charge in [0, 0.05) is 0 Å². The van der Waals surface area contributed by atoms with E-state index in [-0.39, 0.29) is 12.7 Å². The summed E-state index contributed by atoms with van der Waals surface area (Å²) in [5.74, 6) is 0. The van der Waals surface area contributed by atoms with Crippen molar-refractivity contribution in [2.24, 2.45) is 0 Å². The fraction of sp³-hybridized carbons (Fsp3) is 0.889. The predicted molar refractivity (Wildman–Crippen MR) is 47.1 cm³/mol. The number of halogens is 1. The summed E-state index contributed by atoms with van der Waals surface area (Å²) in [5, 5.41) is 8.27. The second-order valence-corrected chi connectivity index (χ2v) is 3.44. The number of hydrogen-bond acceptors (Lipinski definition) is 3. The van der Waals surface area contributed by atoms with E-state index in [0.717, 1.165) is 6.42 Å². The van der Waals surface area contributed by atoms with E-state index >= 15 is 0 Å². The molecular weight excluding hydrogens is 175 g/mol. The molecule has 0 aromatic carbocycles. The topological polar surface area (TPSA) is 46.5 Å². The van der Waals surface area contributed by atoms with Gasteiger partial charge in [-0.15, -0.1) is 0 Å². The molecule has 1 aliphatic carbocycles. The molecule has 1 aliphatic rings. The van der Waals surface area contributed by atoms with Gasteiger partial charge in [0.15, 0.2) is 0 Å². The molecule has 1 fully saturated rings. The lowest BCUT2D eigenvalue weighted by Crippen LogP contribution is -2.35. The standard InChI is InChI=1S/C5H9FO.C4H8O2/c6-5(4-7)2-1-3-5;1-4(2)6-3-5/h7H,1-4H2;3-4H,1-2H3. The lowest BCUT2D eigenvalue weighted by Gasteiger charge is -2.31. The summed E-state index contributed by atoms with van der Waals surface area (Å²) in [7, 11) is 0. The molecule has 0 aromatic rings. The Hall–Kier alpha value is -0.640. The van der Waals surface area contributed by atoms with Crippen LogP contribution in [0.4, 0.5) is 4.39 Å². The Kier molecular flexibility index (Phi) is 5.62. The van der Waals surface area contributed by atoms with Crippen molar-refractivity contribution in [1.82, 2.24) is 0 Å². The van der Waals surface area contributed by atoms with Gasteiger partial charge < -0.3 is 9.84 Å². The molecule has 0 saturated heterocycles.